The number of aromatic nitrogens is 2. The molecule has 0 saturated carbocycles. The molecule has 6 nitrogen and oxygen atoms in total. The number of phenols is 1. The molecule has 0 bridgehead atoms. The monoisotopic (exact) mass is 325 g/mol. The smallest absolute Gasteiger partial charge is 0.266 e. The Morgan fingerprint density at radius 3 is 2.79 bits per heavy atom. The van der Waals surface area contributed by atoms with Crippen LogP contribution in [0.25, 0.3) is 11.5 Å². The van der Waals surface area contributed by atoms with Crippen molar-refractivity contribution >= 4 is 21.9 Å². The largest absolute Gasteiger partial charge is 0.507 e. The third-order valence-electron chi connectivity index (χ3n) is 2.90. The van der Waals surface area contributed by atoms with Crippen LogP contribution in [-0.4, -0.2) is 41.6 Å². The lowest BCUT2D eigenvalue weighted by Crippen LogP contribution is -2.36. The van der Waals surface area contributed by atoms with E-state index < -0.39 is 0 Å². The molecule has 2 heterocycles. The van der Waals surface area contributed by atoms with Gasteiger partial charge >= 0.3 is 0 Å². The fraction of sp³-hybridized carbons (Fsp3) is 0.333. The Morgan fingerprint density at radius 2 is 2.05 bits per heavy atom. The van der Waals surface area contributed by atoms with E-state index in [0.717, 1.165) is 17.6 Å². The first-order valence-corrected chi connectivity index (χ1v) is 6.68. The molecule has 0 aliphatic carbocycles. The van der Waals surface area contributed by atoms with Crippen LogP contribution in [0.4, 0.5) is 5.95 Å². The minimum atomic E-state index is 0.103. The summed E-state index contributed by atoms with van der Waals surface area (Å²) >= 11 is 3.29. The van der Waals surface area contributed by atoms with Crippen molar-refractivity contribution in [3.05, 3.63) is 22.7 Å². The van der Waals surface area contributed by atoms with Gasteiger partial charge in [0, 0.05) is 17.6 Å². The van der Waals surface area contributed by atoms with Crippen molar-refractivity contribution in [3.63, 3.8) is 0 Å². The second kappa shape index (κ2) is 5.18. The number of hydrogen-bond donors (Lipinski definition) is 1. The van der Waals surface area contributed by atoms with Crippen molar-refractivity contribution in [1.82, 2.24) is 10.1 Å². The Bertz CT molecular complexity index is 581. The predicted molar refractivity (Wildman–Crippen MR) is 72.1 cm³/mol. The second-order valence-corrected chi connectivity index (χ2v) is 5.08. The molecule has 2 aromatic rings. The summed E-state index contributed by atoms with van der Waals surface area (Å²) in [6.07, 6.45) is 0. The highest BCUT2D eigenvalue weighted by atomic mass is 79.9. The van der Waals surface area contributed by atoms with Gasteiger partial charge in [-0.2, -0.15) is 4.98 Å². The van der Waals surface area contributed by atoms with Crippen LogP contribution >= 0.6 is 15.9 Å². The summed E-state index contributed by atoms with van der Waals surface area (Å²) in [6.45, 7) is 2.80. The van der Waals surface area contributed by atoms with Crippen molar-refractivity contribution in [2.45, 2.75) is 0 Å². The number of anilines is 1. The Labute approximate surface area is 118 Å². The summed E-state index contributed by atoms with van der Waals surface area (Å²) < 4.78 is 11.3. The standard InChI is InChI=1S/C12H12BrN3O3/c13-8-1-2-9(10(17)7-8)11-14-12(15-19-11)16-3-5-18-6-4-16/h1-2,7,17H,3-6H2. The molecule has 0 atom stereocenters. The first-order chi connectivity index (χ1) is 9.24. The SMILES string of the molecule is Oc1cc(Br)ccc1-c1nc(N2CCOCC2)no1. The highest BCUT2D eigenvalue weighted by molar-refractivity contribution is 9.10. The summed E-state index contributed by atoms with van der Waals surface area (Å²) in [5, 5.41) is 13.8. The highest BCUT2D eigenvalue weighted by Crippen LogP contribution is 2.31. The van der Waals surface area contributed by atoms with Gasteiger partial charge in [-0.15, -0.1) is 0 Å². The fourth-order valence-electron chi connectivity index (χ4n) is 1.90. The van der Waals surface area contributed by atoms with Crippen LogP contribution in [0.5, 0.6) is 5.75 Å². The molecular weight excluding hydrogens is 314 g/mol. The molecule has 0 amide bonds. The molecule has 0 spiro atoms. The van der Waals surface area contributed by atoms with E-state index in [1.165, 1.54) is 0 Å². The number of phenolic OH excluding ortho intramolecular Hbond substituents is 1. The summed E-state index contributed by atoms with van der Waals surface area (Å²) in [6, 6.07) is 5.14. The lowest BCUT2D eigenvalue weighted by molar-refractivity contribution is 0.121. The van der Waals surface area contributed by atoms with E-state index in [0.29, 0.717) is 30.6 Å². The minimum absolute atomic E-state index is 0.103. The van der Waals surface area contributed by atoms with Crippen LogP contribution < -0.4 is 4.90 Å². The van der Waals surface area contributed by atoms with E-state index in [2.05, 4.69) is 26.1 Å². The zero-order valence-corrected chi connectivity index (χ0v) is 11.6. The van der Waals surface area contributed by atoms with Crippen LogP contribution in [0.3, 0.4) is 0 Å². The topological polar surface area (TPSA) is 71.6 Å². The normalized spacial score (nSPS) is 15.7. The van der Waals surface area contributed by atoms with Gasteiger partial charge in [0.05, 0.1) is 18.8 Å². The van der Waals surface area contributed by atoms with Gasteiger partial charge in [-0.3, -0.25) is 0 Å². The van der Waals surface area contributed by atoms with Crippen molar-refractivity contribution in [3.8, 4) is 17.2 Å². The first kappa shape index (κ1) is 12.4. The zero-order valence-electron chi connectivity index (χ0n) is 10.0. The van der Waals surface area contributed by atoms with Crippen molar-refractivity contribution in [1.29, 1.82) is 0 Å². The molecule has 19 heavy (non-hydrogen) atoms. The summed E-state index contributed by atoms with van der Waals surface area (Å²) in [5.74, 6) is 0.943. The van der Waals surface area contributed by atoms with Crippen LogP contribution in [-0.2, 0) is 4.74 Å². The molecule has 3 rings (SSSR count). The fourth-order valence-corrected chi connectivity index (χ4v) is 2.25. The number of rotatable bonds is 2. The molecule has 1 aliphatic heterocycles. The van der Waals surface area contributed by atoms with E-state index in [1.807, 2.05) is 11.0 Å². The molecule has 1 fully saturated rings. The Morgan fingerprint density at radius 1 is 1.26 bits per heavy atom. The molecule has 1 aromatic carbocycles. The van der Waals surface area contributed by atoms with Crippen molar-refractivity contribution < 1.29 is 14.4 Å². The van der Waals surface area contributed by atoms with E-state index in [9.17, 15) is 5.11 Å². The van der Waals surface area contributed by atoms with Gasteiger partial charge in [0.2, 0.25) is 0 Å². The minimum Gasteiger partial charge on any atom is -0.507 e. The molecule has 100 valence electrons. The van der Waals surface area contributed by atoms with Crippen molar-refractivity contribution in [2.24, 2.45) is 0 Å². The van der Waals surface area contributed by atoms with E-state index in [1.54, 1.807) is 12.1 Å². The average Bonchev–Trinajstić information content (AvgIpc) is 2.89. The van der Waals surface area contributed by atoms with Gasteiger partial charge in [0.25, 0.3) is 11.8 Å². The Hall–Kier alpha value is -1.60. The number of hydrogen-bond acceptors (Lipinski definition) is 6. The maximum absolute atomic E-state index is 9.87. The van der Waals surface area contributed by atoms with Gasteiger partial charge in [0.1, 0.15) is 5.75 Å². The Balaban J connectivity index is 1.87. The molecule has 1 saturated heterocycles. The number of benzene rings is 1. The third-order valence-corrected chi connectivity index (χ3v) is 3.39. The number of aromatic hydroxyl groups is 1. The van der Waals surface area contributed by atoms with Crippen LogP contribution in [0.2, 0.25) is 0 Å². The highest BCUT2D eigenvalue weighted by Gasteiger charge is 2.19. The molecule has 1 aromatic heterocycles. The van der Waals surface area contributed by atoms with Gasteiger partial charge in [0.15, 0.2) is 0 Å². The average molecular weight is 326 g/mol. The molecule has 1 N–H and O–H groups in total. The molecular formula is C12H12BrN3O3. The number of nitrogens with zero attached hydrogens (tertiary/aromatic N) is 3. The second-order valence-electron chi connectivity index (χ2n) is 4.16. The van der Waals surface area contributed by atoms with Gasteiger partial charge in [-0.1, -0.05) is 15.9 Å². The number of ether oxygens (including phenoxy) is 1. The van der Waals surface area contributed by atoms with E-state index in [-0.39, 0.29) is 5.75 Å². The lowest BCUT2D eigenvalue weighted by Gasteiger charge is -2.24. The van der Waals surface area contributed by atoms with E-state index in [4.69, 9.17) is 9.26 Å². The third kappa shape index (κ3) is 2.57. The maximum Gasteiger partial charge on any atom is 0.266 e. The van der Waals surface area contributed by atoms with Gasteiger partial charge in [-0.25, -0.2) is 0 Å². The van der Waals surface area contributed by atoms with Crippen LogP contribution in [0, 0.1) is 0 Å². The van der Waals surface area contributed by atoms with Crippen LogP contribution in [0.1, 0.15) is 0 Å². The maximum atomic E-state index is 9.87. The Kier molecular flexibility index (Phi) is 3.39. The van der Waals surface area contributed by atoms with Gasteiger partial charge in [-0.05, 0) is 23.4 Å². The van der Waals surface area contributed by atoms with Crippen LogP contribution in [0.15, 0.2) is 27.2 Å². The lowest BCUT2D eigenvalue weighted by atomic mass is 10.2. The summed E-state index contributed by atoms with van der Waals surface area (Å²) in [5.41, 5.74) is 0.523. The molecule has 0 unspecified atom stereocenters. The number of halogens is 1. The van der Waals surface area contributed by atoms with Crippen molar-refractivity contribution in [2.75, 3.05) is 31.2 Å². The molecule has 0 radical (unpaired) electrons. The summed E-state index contributed by atoms with van der Waals surface area (Å²) in [7, 11) is 0. The summed E-state index contributed by atoms with van der Waals surface area (Å²) in [4.78, 5) is 6.30. The van der Waals surface area contributed by atoms with E-state index >= 15 is 0 Å². The molecule has 1 aliphatic rings. The quantitative estimate of drug-likeness (QED) is 0.911. The number of morpholine rings is 1. The first-order valence-electron chi connectivity index (χ1n) is 5.89. The van der Waals surface area contributed by atoms with Gasteiger partial charge < -0.3 is 19.3 Å². The predicted octanol–water partition coefficient (Wildman–Crippen LogP) is 2.04. The molecule has 7 heteroatoms. The zero-order chi connectivity index (χ0) is 13.2.